The molecule has 1 heterocycles. The lowest BCUT2D eigenvalue weighted by molar-refractivity contribution is 0.0755. The lowest BCUT2D eigenvalue weighted by Crippen LogP contribution is -2.33. The molecule has 0 fully saturated rings. The third-order valence-electron chi connectivity index (χ3n) is 4.10. The third-order valence-corrected chi connectivity index (χ3v) is 4.10. The number of carbonyl (C=O) groups excluding carboxylic acids is 2. The number of rotatable bonds is 8. The Morgan fingerprint density at radius 1 is 1.00 bits per heavy atom. The van der Waals surface area contributed by atoms with Crippen LogP contribution in [0.4, 0.5) is 0 Å². The van der Waals surface area contributed by atoms with E-state index in [2.05, 4.69) is 10.3 Å². The minimum absolute atomic E-state index is 0.0746. The molecule has 0 spiro atoms. The standard InChI is InChI=1S/C21H27N3O2/c1-4-10-24(11-5-2)21(26)19-12-18(14-22-15-19)20(25)23-13-17-8-6-16(3)7-9-17/h6-9,12,14-15H,4-5,10-11,13H2,1-3H3,(H,23,25). The quantitative estimate of drug-likeness (QED) is 0.789. The van der Waals surface area contributed by atoms with Crippen LogP contribution < -0.4 is 5.32 Å². The molecular weight excluding hydrogens is 326 g/mol. The smallest absolute Gasteiger partial charge is 0.255 e. The fourth-order valence-corrected chi connectivity index (χ4v) is 2.71. The van der Waals surface area contributed by atoms with Gasteiger partial charge in [0.1, 0.15) is 0 Å². The Morgan fingerprint density at radius 2 is 1.62 bits per heavy atom. The van der Waals surface area contributed by atoms with Crippen molar-refractivity contribution in [1.82, 2.24) is 15.2 Å². The Labute approximate surface area is 155 Å². The van der Waals surface area contributed by atoms with Gasteiger partial charge in [-0.25, -0.2) is 0 Å². The highest BCUT2D eigenvalue weighted by Gasteiger charge is 2.16. The van der Waals surface area contributed by atoms with Gasteiger partial charge in [-0.05, 0) is 31.4 Å². The minimum atomic E-state index is -0.231. The molecular formula is C21H27N3O2. The van der Waals surface area contributed by atoms with Crippen LogP contribution in [0.5, 0.6) is 0 Å². The number of hydrogen-bond acceptors (Lipinski definition) is 3. The number of nitrogens with one attached hydrogen (secondary N) is 1. The molecule has 0 radical (unpaired) electrons. The highest BCUT2D eigenvalue weighted by molar-refractivity contribution is 5.99. The molecule has 0 aliphatic carbocycles. The van der Waals surface area contributed by atoms with Crippen LogP contribution in [0.25, 0.3) is 0 Å². The first kappa shape index (κ1) is 19.6. The van der Waals surface area contributed by atoms with Crippen molar-refractivity contribution in [2.75, 3.05) is 13.1 Å². The SMILES string of the molecule is CCCN(CCC)C(=O)c1cncc(C(=O)NCc2ccc(C)cc2)c1. The zero-order valence-electron chi connectivity index (χ0n) is 15.8. The number of pyridine rings is 1. The van der Waals surface area contributed by atoms with Gasteiger partial charge in [-0.1, -0.05) is 43.7 Å². The maximum absolute atomic E-state index is 12.7. The van der Waals surface area contributed by atoms with Crippen molar-refractivity contribution in [3.8, 4) is 0 Å². The number of carbonyl (C=O) groups is 2. The summed E-state index contributed by atoms with van der Waals surface area (Å²) in [4.78, 5) is 31.0. The Hall–Kier alpha value is -2.69. The van der Waals surface area contributed by atoms with Crippen LogP contribution in [0.1, 0.15) is 58.5 Å². The summed E-state index contributed by atoms with van der Waals surface area (Å²) in [7, 11) is 0. The predicted molar refractivity (Wildman–Crippen MR) is 103 cm³/mol. The van der Waals surface area contributed by atoms with Crippen molar-refractivity contribution in [3.05, 3.63) is 65.0 Å². The van der Waals surface area contributed by atoms with E-state index in [1.54, 1.807) is 6.07 Å². The Kier molecular flexibility index (Phi) is 7.33. The van der Waals surface area contributed by atoms with Gasteiger partial charge in [-0.3, -0.25) is 14.6 Å². The first-order valence-electron chi connectivity index (χ1n) is 9.13. The molecule has 0 unspecified atom stereocenters. The van der Waals surface area contributed by atoms with Crippen LogP contribution in [0.2, 0.25) is 0 Å². The second kappa shape index (κ2) is 9.70. The summed E-state index contributed by atoms with van der Waals surface area (Å²) in [6.45, 7) is 7.96. The summed E-state index contributed by atoms with van der Waals surface area (Å²) < 4.78 is 0. The van der Waals surface area contributed by atoms with Crippen LogP contribution in [-0.2, 0) is 6.54 Å². The van der Waals surface area contributed by atoms with Crippen LogP contribution in [0.15, 0.2) is 42.7 Å². The largest absolute Gasteiger partial charge is 0.348 e. The maximum Gasteiger partial charge on any atom is 0.255 e. The number of amides is 2. The second-order valence-electron chi connectivity index (χ2n) is 6.42. The van der Waals surface area contributed by atoms with E-state index in [1.807, 2.05) is 49.9 Å². The van der Waals surface area contributed by atoms with E-state index in [-0.39, 0.29) is 11.8 Å². The summed E-state index contributed by atoms with van der Waals surface area (Å²) >= 11 is 0. The lowest BCUT2D eigenvalue weighted by atomic mass is 10.1. The molecule has 1 N–H and O–H groups in total. The van der Waals surface area contributed by atoms with Gasteiger partial charge in [0.15, 0.2) is 0 Å². The monoisotopic (exact) mass is 353 g/mol. The average Bonchev–Trinajstić information content (AvgIpc) is 2.66. The van der Waals surface area contributed by atoms with Crippen LogP contribution in [0, 0.1) is 6.92 Å². The Morgan fingerprint density at radius 3 is 2.23 bits per heavy atom. The van der Waals surface area contributed by atoms with Crippen molar-refractivity contribution in [2.24, 2.45) is 0 Å². The molecule has 1 aromatic carbocycles. The van der Waals surface area contributed by atoms with Crippen LogP contribution in [-0.4, -0.2) is 34.8 Å². The number of hydrogen-bond donors (Lipinski definition) is 1. The van der Waals surface area contributed by atoms with Gasteiger partial charge in [0.25, 0.3) is 11.8 Å². The van der Waals surface area contributed by atoms with Gasteiger partial charge in [0.05, 0.1) is 11.1 Å². The molecule has 1 aromatic heterocycles. The van der Waals surface area contributed by atoms with Gasteiger partial charge in [0.2, 0.25) is 0 Å². The van der Waals surface area contributed by atoms with Crippen molar-refractivity contribution in [1.29, 1.82) is 0 Å². The molecule has 2 rings (SSSR count). The van der Waals surface area contributed by atoms with Gasteiger partial charge in [-0.2, -0.15) is 0 Å². The molecule has 0 bridgehead atoms. The molecule has 138 valence electrons. The van der Waals surface area contributed by atoms with E-state index in [0.717, 1.165) is 18.4 Å². The van der Waals surface area contributed by atoms with Crippen molar-refractivity contribution in [2.45, 2.75) is 40.2 Å². The summed E-state index contributed by atoms with van der Waals surface area (Å²) in [5.41, 5.74) is 3.06. The van der Waals surface area contributed by atoms with Gasteiger partial charge < -0.3 is 10.2 Å². The normalized spacial score (nSPS) is 10.4. The molecule has 0 aliphatic rings. The molecule has 0 aliphatic heterocycles. The van der Waals surface area contributed by atoms with Crippen LogP contribution >= 0.6 is 0 Å². The van der Waals surface area contributed by atoms with Gasteiger partial charge >= 0.3 is 0 Å². The topological polar surface area (TPSA) is 62.3 Å². The van der Waals surface area contributed by atoms with Crippen molar-refractivity contribution in [3.63, 3.8) is 0 Å². The maximum atomic E-state index is 12.7. The number of nitrogens with zero attached hydrogens (tertiary/aromatic N) is 2. The number of aryl methyl sites for hydroxylation is 1. The third kappa shape index (κ3) is 5.41. The number of aromatic nitrogens is 1. The summed E-state index contributed by atoms with van der Waals surface area (Å²) in [5, 5.41) is 2.88. The van der Waals surface area contributed by atoms with Crippen molar-refractivity contribution >= 4 is 11.8 Å². The summed E-state index contributed by atoms with van der Waals surface area (Å²) in [6.07, 6.45) is 4.81. The van der Waals surface area contributed by atoms with E-state index in [9.17, 15) is 9.59 Å². The summed E-state index contributed by atoms with van der Waals surface area (Å²) in [6, 6.07) is 9.62. The van der Waals surface area contributed by atoms with E-state index in [4.69, 9.17) is 0 Å². The average molecular weight is 353 g/mol. The molecule has 5 heteroatoms. The molecule has 0 atom stereocenters. The fourth-order valence-electron chi connectivity index (χ4n) is 2.71. The highest BCUT2D eigenvalue weighted by atomic mass is 16.2. The predicted octanol–water partition coefficient (Wildman–Crippen LogP) is 3.58. The molecule has 2 aromatic rings. The molecule has 0 saturated carbocycles. The Bertz CT molecular complexity index is 735. The van der Waals surface area contributed by atoms with Gasteiger partial charge in [0, 0.05) is 32.0 Å². The van der Waals surface area contributed by atoms with E-state index < -0.39 is 0 Å². The van der Waals surface area contributed by atoms with E-state index in [1.165, 1.54) is 18.0 Å². The molecule has 2 amide bonds. The van der Waals surface area contributed by atoms with Crippen molar-refractivity contribution < 1.29 is 9.59 Å². The zero-order valence-corrected chi connectivity index (χ0v) is 15.8. The first-order chi connectivity index (χ1) is 12.5. The minimum Gasteiger partial charge on any atom is -0.348 e. The number of benzene rings is 1. The summed E-state index contributed by atoms with van der Waals surface area (Å²) in [5.74, 6) is -0.306. The first-order valence-corrected chi connectivity index (χ1v) is 9.13. The lowest BCUT2D eigenvalue weighted by Gasteiger charge is -2.21. The second-order valence-corrected chi connectivity index (χ2v) is 6.42. The molecule has 0 saturated heterocycles. The van der Waals surface area contributed by atoms with Gasteiger partial charge in [-0.15, -0.1) is 0 Å². The highest BCUT2D eigenvalue weighted by Crippen LogP contribution is 2.09. The molecule has 26 heavy (non-hydrogen) atoms. The van der Waals surface area contributed by atoms with Crippen LogP contribution in [0.3, 0.4) is 0 Å². The fraction of sp³-hybridized carbons (Fsp3) is 0.381. The van der Waals surface area contributed by atoms with E-state index >= 15 is 0 Å². The molecule has 5 nitrogen and oxygen atoms in total. The Balaban J connectivity index is 2.05. The zero-order chi connectivity index (χ0) is 18.9. The van der Waals surface area contributed by atoms with E-state index in [0.29, 0.717) is 30.8 Å².